The molecule has 2 aliphatic heterocycles. The molecule has 3 N–H and O–H groups in total. The number of rotatable bonds is 5. The number of benzene rings is 1. The van der Waals surface area contributed by atoms with Crippen LogP contribution in [0.3, 0.4) is 0 Å². The van der Waals surface area contributed by atoms with E-state index >= 15 is 0 Å². The van der Waals surface area contributed by atoms with E-state index in [-0.39, 0.29) is 18.0 Å². The number of hydrogen-bond donors (Lipinski definition) is 3. The van der Waals surface area contributed by atoms with E-state index in [1.54, 1.807) is 0 Å². The normalized spacial score (nSPS) is 26.8. The minimum Gasteiger partial charge on any atom is -0.506 e. The van der Waals surface area contributed by atoms with Crippen LogP contribution in [-0.2, 0) is 22.4 Å². The summed E-state index contributed by atoms with van der Waals surface area (Å²) in [5.41, 5.74) is 0.526. The van der Waals surface area contributed by atoms with Crippen LogP contribution in [0.4, 0.5) is 10.1 Å². The maximum absolute atomic E-state index is 14.5. The second-order valence-corrected chi connectivity index (χ2v) is 7.50. The molecule has 3 atom stereocenters. The van der Waals surface area contributed by atoms with Gasteiger partial charge in [-0.25, -0.2) is 8.60 Å². The number of nitrogens with one attached hydrogen (secondary N) is 2. The third-order valence-corrected chi connectivity index (χ3v) is 5.74. The van der Waals surface area contributed by atoms with Gasteiger partial charge in [-0.1, -0.05) is 13.3 Å². The summed E-state index contributed by atoms with van der Waals surface area (Å²) in [6.45, 7) is 2.87. The van der Waals surface area contributed by atoms with Crippen molar-refractivity contribution in [2.45, 2.75) is 38.6 Å². The Hall–Kier alpha value is -1.67. The van der Waals surface area contributed by atoms with E-state index in [0.29, 0.717) is 23.9 Å². The van der Waals surface area contributed by atoms with Crippen molar-refractivity contribution in [3.8, 4) is 5.75 Å². The van der Waals surface area contributed by atoms with Crippen molar-refractivity contribution in [2.75, 3.05) is 17.4 Å². The van der Waals surface area contributed by atoms with Gasteiger partial charge >= 0.3 is 0 Å². The highest BCUT2D eigenvalue weighted by molar-refractivity contribution is 7.85. The number of nitrogens with zero attached hydrogens (tertiary/aromatic N) is 1. The lowest BCUT2D eigenvalue weighted by atomic mass is 9.90. The van der Waals surface area contributed by atoms with E-state index in [1.807, 2.05) is 0 Å². The molecule has 3 unspecified atom stereocenters. The molecule has 132 valence electrons. The Morgan fingerprint density at radius 3 is 2.88 bits per heavy atom. The number of hydrogen-bond acceptors (Lipinski definition) is 4. The largest absolute Gasteiger partial charge is 0.506 e. The van der Waals surface area contributed by atoms with Crippen molar-refractivity contribution >= 4 is 22.8 Å². The van der Waals surface area contributed by atoms with Gasteiger partial charge in [0, 0.05) is 6.04 Å². The fourth-order valence-corrected chi connectivity index (χ4v) is 4.51. The number of phenolic OH excluding ortho intramolecular Hbond substituents is 1. The molecule has 0 spiro atoms. The molecule has 6 nitrogen and oxygen atoms in total. The molecule has 2 heterocycles. The topological polar surface area (TPSA) is 81.7 Å². The summed E-state index contributed by atoms with van der Waals surface area (Å²) < 4.78 is 29.5. The molecule has 0 bridgehead atoms. The predicted molar refractivity (Wildman–Crippen MR) is 90.2 cm³/mol. The standard InChI is InChI=1S/C16H22FN3O3S/c1-2-3-13-11(4-5-18-13)6-10-7-12(17)16(14(21)8-10)20-9-15(22)19-24(20)23/h7-8,11,13,18,21H,2-6,9H2,1H3,(H,19,22). The van der Waals surface area contributed by atoms with Gasteiger partial charge in [0.1, 0.15) is 18.0 Å². The van der Waals surface area contributed by atoms with Crippen LogP contribution in [0.15, 0.2) is 12.1 Å². The molecule has 2 fully saturated rings. The van der Waals surface area contributed by atoms with Crippen LogP contribution in [0.5, 0.6) is 5.75 Å². The third kappa shape index (κ3) is 3.39. The van der Waals surface area contributed by atoms with E-state index < -0.39 is 22.9 Å². The molecule has 2 saturated heterocycles. The Kier molecular flexibility index (Phi) is 5.05. The number of halogens is 1. The SMILES string of the molecule is CCCC1NCCC1Cc1cc(O)c(N2CC(=O)NS2=O)c(F)c1. The molecule has 1 amide bonds. The highest BCUT2D eigenvalue weighted by atomic mass is 32.2. The van der Waals surface area contributed by atoms with Gasteiger partial charge in [-0.3, -0.25) is 13.8 Å². The highest BCUT2D eigenvalue weighted by Crippen LogP contribution is 2.35. The average Bonchev–Trinajstić information content (AvgIpc) is 3.06. The molecule has 3 rings (SSSR count). The van der Waals surface area contributed by atoms with Crippen molar-refractivity contribution in [3.63, 3.8) is 0 Å². The van der Waals surface area contributed by atoms with Crippen LogP contribution >= 0.6 is 0 Å². The lowest BCUT2D eigenvalue weighted by Gasteiger charge is -2.21. The van der Waals surface area contributed by atoms with Crippen LogP contribution in [0.25, 0.3) is 0 Å². The maximum Gasteiger partial charge on any atom is 0.253 e. The molecule has 24 heavy (non-hydrogen) atoms. The van der Waals surface area contributed by atoms with Crippen LogP contribution in [-0.4, -0.2) is 34.4 Å². The van der Waals surface area contributed by atoms with Crippen LogP contribution in [0.1, 0.15) is 31.7 Å². The molecule has 1 aromatic rings. The van der Waals surface area contributed by atoms with Crippen molar-refractivity contribution in [2.24, 2.45) is 5.92 Å². The molecule has 0 radical (unpaired) electrons. The van der Waals surface area contributed by atoms with Gasteiger partial charge in [0.25, 0.3) is 5.91 Å². The van der Waals surface area contributed by atoms with Crippen LogP contribution < -0.4 is 14.3 Å². The summed E-state index contributed by atoms with van der Waals surface area (Å²) in [5, 5.41) is 13.7. The minimum atomic E-state index is -1.86. The number of anilines is 1. The van der Waals surface area contributed by atoms with Gasteiger partial charge in [-0.2, -0.15) is 0 Å². The summed E-state index contributed by atoms with van der Waals surface area (Å²) in [6, 6.07) is 3.31. The predicted octanol–water partition coefficient (Wildman–Crippen LogP) is 1.37. The number of amides is 1. The molecule has 8 heteroatoms. The van der Waals surface area contributed by atoms with Gasteiger partial charge < -0.3 is 10.4 Å². The van der Waals surface area contributed by atoms with E-state index in [2.05, 4.69) is 17.0 Å². The first kappa shape index (κ1) is 17.2. The molecule has 1 aromatic carbocycles. The Morgan fingerprint density at radius 2 is 2.25 bits per heavy atom. The number of carbonyl (C=O) groups excluding carboxylic acids is 1. The smallest absolute Gasteiger partial charge is 0.253 e. The number of aromatic hydroxyl groups is 1. The zero-order chi connectivity index (χ0) is 17.3. The summed E-state index contributed by atoms with van der Waals surface area (Å²) in [7, 11) is 0. The Morgan fingerprint density at radius 1 is 1.46 bits per heavy atom. The minimum absolute atomic E-state index is 0.190. The van der Waals surface area contributed by atoms with Crippen molar-refractivity contribution in [1.29, 1.82) is 0 Å². The number of phenols is 1. The van der Waals surface area contributed by atoms with E-state index in [4.69, 9.17) is 0 Å². The third-order valence-electron chi connectivity index (χ3n) is 4.63. The van der Waals surface area contributed by atoms with Crippen molar-refractivity contribution in [3.05, 3.63) is 23.5 Å². The molecule has 0 saturated carbocycles. The zero-order valence-corrected chi connectivity index (χ0v) is 14.4. The Bertz CT molecular complexity index is 647. The average molecular weight is 355 g/mol. The highest BCUT2D eigenvalue weighted by Gasteiger charge is 2.32. The second-order valence-electron chi connectivity index (χ2n) is 6.36. The molecule has 2 aliphatic rings. The summed E-state index contributed by atoms with van der Waals surface area (Å²) in [4.78, 5) is 11.3. The molecule has 0 aliphatic carbocycles. The van der Waals surface area contributed by atoms with E-state index in [9.17, 15) is 18.5 Å². The van der Waals surface area contributed by atoms with Gasteiger partial charge in [0.05, 0.1) is 0 Å². The van der Waals surface area contributed by atoms with Crippen LogP contribution in [0, 0.1) is 11.7 Å². The first-order valence-corrected chi connectivity index (χ1v) is 9.34. The summed E-state index contributed by atoms with van der Waals surface area (Å²) in [6.07, 6.45) is 3.89. The monoisotopic (exact) mass is 355 g/mol. The van der Waals surface area contributed by atoms with E-state index in [0.717, 1.165) is 30.1 Å². The van der Waals surface area contributed by atoms with Gasteiger partial charge in [-0.05, 0) is 49.4 Å². The fourth-order valence-electron chi connectivity index (χ4n) is 3.56. The first-order chi connectivity index (χ1) is 11.5. The van der Waals surface area contributed by atoms with Gasteiger partial charge in [-0.15, -0.1) is 0 Å². The van der Waals surface area contributed by atoms with E-state index in [1.165, 1.54) is 12.1 Å². The Labute approximate surface area is 143 Å². The maximum atomic E-state index is 14.5. The lowest BCUT2D eigenvalue weighted by molar-refractivity contribution is -0.117. The zero-order valence-electron chi connectivity index (χ0n) is 13.5. The number of carbonyl (C=O) groups is 1. The quantitative estimate of drug-likeness (QED) is 0.745. The molecular weight excluding hydrogens is 333 g/mol. The Balaban J connectivity index is 1.80. The molecular formula is C16H22FN3O3S. The van der Waals surface area contributed by atoms with Gasteiger partial charge in [0.15, 0.2) is 5.82 Å². The molecule has 0 aromatic heterocycles. The van der Waals surface area contributed by atoms with Crippen LogP contribution in [0.2, 0.25) is 0 Å². The summed E-state index contributed by atoms with van der Waals surface area (Å²) in [5.74, 6) is -0.991. The fraction of sp³-hybridized carbons (Fsp3) is 0.562. The van der Waals surface area contributed by atoms with Crippen molar-refractivity contribution in [1.82, 2.24) is 10.0 Å². The lowest BCUT2D eigenvalue weighted by Crippen LogP contribution is -2.27. The second kappa shape index (κ2) is 7.06. The van der Waals surface area contributed by atoms with Crippen molar-refractivity contribution < 1.29 is 18.5 Å². The van der Waals surface area contributed by atoms with Gasteiger partial charge in [0.2, 0.25) is 11.2 Å². The summed E-state index contributed by atoms with van der Waals surface area (Å²) >= 11 is -1.86. The first-order valence-electron chi connectivity index (χ1n) is 8.23.